The standard InChI is InChI=1S/C21H19N3O3/c25-19-11-10-18(24(19)16-7-2-1-3-8-16)21(27)22-13-15-12-14-6-4-5-9-17(14)23-20(15)26/h1-9,12,18H,10-11,13H2,(H,22,27)(H,23,26). The average molecular weight is 361 g/mol. The lowest BCUT2D eigenvalue weighted by Gasteiger charge is -2.24. The fourth-order valence-corrected chi connectivity index (χ4v) is 3.47. The normalized spacial score (nSPS) is 16.7. The number of carbonyl (C=O) groups excluding carboxylic acids is 2. The number of aromatic nitrogens is 1. The Hall–Kier alpha value is -3.41. The highest BCUT2D eigenvalue weighted by atomic mass is 16.2. The van der Waals surface area contributed by atoms with Crippen LogP contribution in [0.1, 0.15) is 18.4 Å². The van der Waals surface area contributed by atoms with Gasteiger partial charge in [-0.3, -0.25) is 19.3 Å². The van der Waals surface area contributed by atoms with Gasteiger partial charge in [0.25, 0.3) is 5.56 Å². The predicted molar refractivity (Wildman–Crippen MR) is 103 cm³/mol. The highest BCUT2D eigenvalue weighted by molar-refractivity contribution is 6.03. The van der Waals surface area contributed by atoms with Gasteiger partial charge in [0, 0.05) is 29.7 Å². The Kier molecular flexibility index (Phi) is 4.46. The van der Waals surface area contributed by atoms with E-state index in [-0.39, 0.29) is 23.9 Å². The molecule has 0 saturated carbocycles. The second kappa shape index (κ2) is 7.07. The molecule has 1 aromatic heterocycles. The highest BCUT2D eigenvalue weighted by Crippen LogP contribution is 2.26. The molecule has 0 radical (unpaired) electrons. The van der Waals surface area contributed by atoms with Crippen LogP contribution in [0.4, 0.5) is 5.69 Å². The fourth-order valence-electron chi connectivity index (χ4n) is 3.47. The van der Waals surface area contributed by atoms with Gasteiger partial charge in [-0.25, -0.2) is 0 Å². The average Bonchev–Trinajstić information content (AvgIpc) is 3.08. The van der Waals surface area contributed by atoms with Gasteiger partial charge in [0.05, 0.1) is 0 Å². The zero-order chi connectivity index (χ0) is 18.8. The Morgan fingerprint density at radius 2 is 1.81 bits per heavy atom. The van der Waals surface area contributed by atoms with Crippen molar-refractivity contribution in [2.45, 2.75) is 25.4 Å². The van der Waals surface area contributed by atoms with Crippen LogP contribution in [-0.4, -0.2) is 22.8 Å². The molecule has 1 unspecified atom stereocenters. The van der Waals surface area contributed by atoms with Gasteiger partial charge in [0.15, 0.2) is 0 Å². The second-order valence-corrected chi connectivity index (χ2v) is 6.58. The van der Waals surface area contributed by atoms with E-state index in [9.17, 15) is 14.4 Å². The number of pyridine rings is 1. The molecule has 0 bridgehead atoms. The van der Waals surface area contributed by atoms with Gasteiger partial charge in [-0.15, -0.1) is 0 Å². The first kappa shape index (κ1) is 17.0. The molecule has 2 aromatic carbocycles. The summed E-state index contributed by atoms with van der Waals surface area (Å²) < 4.78 is 0. The maximum atomic E-state index is 12.7. The van der Waals surface area contributed by atoms with E-state index in [0.717, 1.165) is 10.9 Å². The number of nitrogens with one attached hydrogen (secondary N) is 2. The number of amides is 2. The van der Waals surface area contributed by atoms with Gasteiger partial charge in [-0.1, -0.05) is 36.4 Å². The van der Waals surface area contributed by atoms with Crippen molar-refractivity contribution in [2.75, 3.05) is 4.90 Å². The first-order chi connectivity index (χ1) is 13.1. The quantitative estimate of drug-likeness (QED) is 0.748. The Morgan fingerprint density at radius 3 is 2.63 bits per heavy atom. The number of fused-ring (bicyclic) bond motifs is 1. The number of carbonyl (C=O) groups is 2. The molecule has 1 fully saturated rings. The van der Waals surface area contributed by atoms with E-state index in [1.165, 1.54) is 0 Å². The molecule has 27 heavy (non-hydrogen) atoms. The van der Waals surface area contributed by atoms with Gasteiger partial charge in [-0.2, -0.15) is 0 Å². The number of para-hydroxylation sites is 2. The first-order valence-electron chi connectivity index (χ1n) is 8.89. The van der Waals surface area contributed by atoms with Crippen LogP contribution in [0.15, 0.2) is 65.5 Å². The van der Waals surface area contributed by atoms with Crippen molar-refractivity contribution < 1.29 is 9.59 Å². The largest absolute Gasteiger partial charge is 0.350 e. The van der Waals surface area contributed by atoms with E-state index in [4.69, 9.17) is 0 Å². The third-order valence-electron chi connectivity index (χ3n) is 4.83. The number of anilines is 1. The van der Waals surface area contributed by atoms with Crippen molar-refractivity contribution in [3.05, 3.63) is 76.6 Å². The maximum Gasteiger partial charge on any atom is 0.253 e. The molecule has 2 amide bonds. The Morgan fingerprint density at radius 1 is 1.07 bits per heavy atom. The predicted octanol–water partition coefficient (Wildman–Crippen LogP) is 2.34. The zero-order valence-electron chi connectivity index (χ0n) is 14.6. The fraction of sp³-hybridized carbons (Fsp3) is 0.190. The summed E-state index contributed by atoms with van der Waals surface area (Å²) in [7, 11) is 0. The summed E-state index contributed by atoms with van der Waals surface area (Å²) in [6.45, 7) is 0.117. The van der Waals surface area contributed by atoms with Gasteiger partial charge in [0.1, 0.15) is 6.04 Å². The molecular weight excluding hydrogens is 342 g/mol. The number of rotatable bonds is 4. The van der Waals surface area contributed by atoms with Crippen LogP contribution in [0.25, 0.3) is 10.9 Å². The maximum absolute atomic E-state index is 12.7. The summed E-state index contributed by atoms with van der Waals surface area (Å²) in [6.07, 6.45) is 0.803. The van der Waals surface area contributed by atoms with Gasteiger partial charge in [-0.05, 0) is 36.1 Å². The molecule has 4 rings (SSSR count). The number of hydrogen-bond donors (Lipinski definition) is 2. The molecule has 0 aliphatic carbocycles. The molecule has 1 aliphatic heterocycles. The van der Waals surface area contributed by atoms with Crippen LogP contribution in [-0.2, 0) is 16.1 Å². The number of nitrogens with zero attached hydrogens (tertiary/aromatic N) is 1. The summed E-state index contributed by atoms with van der Waals surface area (Å²) in [5.41, 5.74) is 1.73. The number of H-pyrrole nitrogens is 1. The minimum Gasteiger partial charge on any atom is -0.350 e. The SMILES string of the molecule is O=C(NCc1cc2ccccc2[nH]c1=O)C1CCC(=O)N1c1ccccc1. The third-order valence-corrected chi connectivity index (χ3v) is 4.83. The molecule has 2 N–H and O–H groups in total. The van der Waals surface area contributed by atoms with Crippen LogP contribution in [0, 0.1) is 0 Å². The van der Waals surface area contributed by atoms with E-state index in [1.807, 2.05) is 54.6 Å². The van der Waals surface area contributed by atoms with Crippen LogP contribution in [0.3, 0.4) is 0 Å². The monoisotopic (exact) mass is 361 g/mol. The second-order valence-electron chi connectivity index (χ2n) is 6.58. The van der Waals surface area contributed by atoms with E-state index < -0.39 is 6.04 Å². The number of hydrogen-bond acceptors (Lipinski definition) is 3. The molecule has 136 valence electrons. The summed E-state index contributed by atoms with van der Waals surface area (Å²) in [4.78, 5) is 41.6. The Labute approximate surface area is 155 Å². The van der Waals surface area contributed by atoms with Gasteiger partial charge < -0.3 is 10.3 Å². The van der Waals surface area contributed by atoms with E-state index in [2.05, 4.69) is 10.3 Å². The third kappa shape index (κ3) is 3.33. The van der Waals surface area contributed by atoms with Crippen molar-refractivity contribution in [2.24, 2.45) is 0 Å². The first-order valence-corrected chi connectivity index (χ1v) is 8.89. The topological polar surface area (TPSA) is 82.3 Å². The summed E-state index contributed by atoms with van der Waals surface area (Å²) in [6, 6.07) is 17.9. The molecule has 1 aliphatic rings. The minimum absolute atomic E-state index is 0.0649. The Bertz CT molecular complexity index is 1060. The van der Waals surface area contributed by atoms with Gasteiger partial charge >= 0.3 is 0 Å². The zero-order valence-corrected chi connectivity index (χ0v) is 14.6. The van der Waals surface area contributed by atoms with Crippen LogP contribution in [0.5, 0.6) is 0 Å². The smallest absolute Gasteiger partial charge is 0.253 e. The van der Waals surface area contributed by atoms with Crippen molar-refractivity contribution >= 4 is 28.4 Å². The van der Waals surface area contributed by atoms with Crippen molar-refractivity contribution in [3.8, 4) is 0 Å². The lowest BCUT2D eigenvalue weighted by molar-refractivity contribution is -0.124. The molecule has 2 heterocycles. The molecular formula is C21H19N3O3. The number of aromatic amines is 1. The number of benzene rings is 2. The molecule has 6 nitrogen and oxygen atoms in total. The van der Waals surface area contributed by atoms with Crippen LogP contribution < -0.4 is 15.8 Å². The lowest BCUT2D eigenvalue weighted by atomic mass is 10.1. The van der Waals surface area contributed by atoms with Crippen molar-refractivity contribution in [1.82, 2.24) is 10.3 Å². The molecule has 1 saturated heterocycles. The van der Waals surface area contributed by atoms with E-state index >= 15 is 0 Å². The summed E-state index contributed by atoms with van der Waals surface area (Å²) in [5, 5.41) is 3.72. The molecule has 0 spiro atoms. The summed E-state index contributed by atoms with van der Waals surface area (Å²) in [5.74, 6) is -0.317. The minimum atomic E-state index is -0.556. The van der Waals surface area contributed by atoms with Crippen LogP contribution >= 0.6 is 0 Å². The van der Waals surface area contributed by atoms with Crippen LogP contribution in [0.2, 0.25) is 0 Å². The molecule has 6 heteroatoms. The van der Waals surface area contributed by atoms with Gasteiger partial charge in [0.2, 0.25) is 11.8 Å². The molecule has 3 aromatic rings. The highest BCUT2D eigenvalue weighted by Gasteiger charge is 2.36. The lowest BCUT2D eigenvalue weighted by Crippen LogP contribution is -2.45. The van der Waals surface area contributed by atoms with E-state index in [0.29, 0.717) is 24.1 Å². The van der Waals surface area contributed by atoms with Crippen molar-refractivity contribution in [1.29, 1.82) is 0 Å². The summed E-state index contributed by atoms with van der Waals surface area (Å²) >= 11 is 0. The van der Waals surface area contributed by atoms with Crippen molar-refractivity contribution in [3.63, 3.8) is 0 Å². The Balaban J connectivity index is 1.52. The van der Waals surface area contributed by atoms with E-state index in [1.54, 1.807) is 11.0 Å². The molecule has 1 atom stereocenters.